The van der Waals surface area contributed by atoms with Crippen LogP contribution in [0.4, 0.5) is 0 Å². The molecule has 3 rings (SSSR count). The van der Waals surface area contributed by atoms with Crippen LogP contribution in [-0.4, -0.2) is 15.2 Å². The highest BCUT2D eigenvalue weighted by Crippen LogP contribution is 2.42. The molecular formula is C17H29N3. The summed E-state index contributed by atoms with van der Waals surface area (Å²) in [5.74, 6) is 4.38. The number of aromatic amines is 1. The second-order valence-electron chi connectivity index (χ2n) is 7.97. The molecule has 2 aliphatic carbocycles. The first-order valence-electron chi connectivity index (χ1n) is 8.46. The summed E-state index contributed by atoms with van der Waals surface area (Å²) in [6, 6.07) is 0. The zero-order valence-electron chi connectivity index (χ0n) is 13.3. The Morgan fingerprint density at radius 3 is 2.15 bits per heavy atom. The van der Waals surface area contributed by atoms with Crippen LogP contribution in [0.5, 0.6) is 0 Å². The van der Waals surface area contributed by atoms with E-state index < -0.39 is 0 Å². The summed E-state index contributed by atoms with van der Waals surface area (Å²) in [6.07, 6.45) is 10.5. The van der Waals surface area contributed by atoms with Crippen LogP contribution >= 0.6 is 0 Å². The molecule has 0 atom stereocenters. The molecule has 1 heterocycles. The van der Waals surface area contributed by atoms with E-state index in [1.165, 1.54) is 57.2 Å². The Morgan fingerprint density at radius 1 is 0.900 bits per heavy atom. The number of nitrogens with zero attached hydrogens (tertiary/aromatic N) is 2. The Kier molecular flexibility index (Phi) is 3.87. The van der Waals surface area contributed by atoms with Gasteiger partial charge in [-0.1, -0.05) is 33.6 Å². The van der Waals surface area contributed by atoms with E-state index >= 15 is 0 Å². The van der Waals surface area contributed by atoms with Gasteiger partial charge >= 0.3 is 0 Å². The molecule has 2 fully saturated rings. The predicted octanol–water partition coefficient (Wildman–Crippen LogP) is 4.78. The van der Waals surface area contributed by atoms with Gasteiger partial charge < -0.3 is 0 Å². The molecule has 0 aliphatic heterocycles. The average molecular weight is 275 g/mol. The molecule has 1 aromatic rings. The minimum Gasteiger partial charge on any atom is -0.263 e. The van der Waals surface area contributed by atoms with E-state index in [9.17, 15) is 0 Å². The van der Waals surface area contributed by atoms with E-state index in [-0.39, 0.29) is 0 Å². The van der Waals surface area contributed by atoms with Gasteiger partial charge in [-0.15, -0.1) is 0 Å². The third kappa shape index (κ3) is 2.91. The maximum Gasteiger partial charge on any atom is 0.153 e. The first-order valence-corrected chi connectivity index (χ1v) is 8.46. The van der Waals surface area contributed by atoms with Gasteiger partial charge in [-0.3, -0.25) is 5.10 Å². The van der Waals surface area contributed by atoms with E-state index in [0.717, 1.165) is 11.7 Å². The summed E-state index contributed by atoms with van der Waals surface area (Å²) in [5, 5.41) is 7.75. The standard InChI is InChI=1S/C17H29N3/c1-17(2,3)14-10-8-13(9-11-14)16-18-15(19-20-16)12-6-4-5-7-12/h12-14H,4-11H2,1-3H3,(H,18,19,20). The normalized spacial score (nSPS) is 28.9. The summed E-state index contributed by atoms with van der Waals surface area (Å²) in [5.41, 5.74) is 0.460. The van der Waals surface area contributed by atoms with Gasteiger partial charge in [-0.2, -0.15) is 5.10 Å². The SMILES string of the molecule is CC(C)(C)C1CCC(c2nc(C3CCCC3)n[nH]2)CC1. The molecule has 2 aliphatic rings. The van der Waals surface area contributed by atoms with Gasteiger partial charge in [-0.25, -0.2) is 4.98 Å². The van der Waals surface area contributed by atoms with Crippen LogP contribution in [0.25, 0.3) is 0 Å². The van der Waals surface area contributed by atoms with Gasteiger partial charge in [0.15, 0.2) is 5.82 Å². The molecule has 3 heteroatoms. The lowest BCUT2D eigenvalue weighted by atomic mass is 9.70. The minimum atomic E-state index is 0.460. The largest absolute Gasteiger partial charge is 0.263 e. The first kappa shape index (κ1) is 14.1. The zero-order chi connectivity index (χ0) is 14.2. The summed E-state index contributed by atoms with van der Waals surface area (Å²) < 4.78 is 0. The Hall–Kier alpha value is -0.860. The monoisotopic (exact) mass is 275 g/mol. The van der Waals surface area contributed by atoms with E-state index in [0.29, 0.717) is 17.3 Å². The van der Waals surface area contributed by atoms with Crippen LogP contribution in [-0.2, 0) is 0 Å². The highest BCUT2D eigenvalue weighted by Gasteiger charge is 2.32. The summed E-state index contributed by atoms with van der Waals surface area (Å²) in [7, 11) is 0. The molecule has 0 bridgehead atoms. The molecular weight excluding hydrogens is 246 g/mol. The van der Waals surface area contributed by atoms with Crippen molar-refractivity contribution in [3.05, 3.63) is 11.6 Å². The molecule has 0 spiro atoms. The molecule has 0 aromatic carbocycles. The molecule has 0 amide bonds. The van der Waals surface area contributed by atoms with Crippen molar-refractivity contribution in [1.82, 2.24) is 15.2 Å². The van der Waals surface area contributed by atoms with Gasteiger partial charge in [-0.05, 0) is 49.9 Å². The number of hydrogen-bond acceptors (Lipinski definition) is 2. The van der Waals surface area contributed by atoms with Crippen molar-refractivity contribution in [2.45, 2.75) is 84.0 Å². The molecule has 3 nitrogen and oxygen atoms in total. The third-order valence-corrected chi connectivity index (χ3v) is 5.58. The Labute approximate surface area is 123 Å². The predicted molar refractivity (Wildman–Crippen MR) is 81.7 cm³/mol. The molecule has 1 aromatic heterocycles. The zero-order valence-corrected chi connectivity index (χ0v) is 13.3. The van der Waals surface area contributed by atoms with Crippen LogP contribution < -0.4 is 0 Å². The number of nitrogens with one attached hydrogen (secondary N) is 1. The second kappa shape index (κ2) is 5.50. The summed E-state index contributed by atoms with van der Waals surface area (Å²) in [6.45, 7) is 7.14. The number of H-pyrrole nitrogens is 1. The molecule has 0 unspecified atom stereocenters. The minimum absolute atomic E-state index is 0.460. The molecule has 0 saturated heterocycles. The highest BCUT2D eigenvalue weighted by molar-refractivity contribution is 5.05. The van der Waals surface area contributed by atoms with Crippen molar-refractivity contribution in [3.63, 3.8) is 0 Å². The van der Waals surface area contributed by atoms with Crippen molar-refractivity contribution >= 4 is 0 Å². The Balaban J connectivity index is 1.61. The Morgan fingerprint density at radius 2 is 1.55 bits per heavy atom. The quantitative estimate of drug-likeness (QED) is 0.843. The molecule has 20 heavy (non-hydrogen) atoms. The summed E-state index contributed by atoms with van der Waals surface area (Å²) in [4.78, 5) is 4.84. The first-order chi connectivity index (χ1) is 9.54. The van der Waals surface area contributed by atoms with Gasteiger partial charge in [0.1, 0.15) is 5.82 Å². The smallest absolute Gasteiger partial charge is 0.153 e. The Bertz CT molecular complexity index is 429. The second-order valence-corrected chi connectivity index (χ2v) is 7.97. The van der Waals surface area contributed by atoms with Crippen molar-refractivity contribution in [2.75, 3.05) is 0 Å². The lowest BCUT2D eigenvalue weighted by Gasteiger charge is -2.36. The highest BCUT2D eigenvalue weighted by atomic mass is 15.2. The maximum absolute atomic E-state index is 4.84. The van der Waals surface area contributed by atoms with Gasteiger partial charge in [0, 0.05) is 11.8 Å². The van der Waals surface area contributed by atoms with E-state index in [1.807, 2.05) is 0 Å². The molecule has 2 saturated carbocycles. The van der Waals surface area contributed by atoms with E-state index in [1.54, 1.807) is 0 Å². The molecule has 112 valence electrons. The van der Waals surface area contributed by atoms with Crippen LogP contribution in [0.15, 0.2) is 0 Å². The number of rotatable bonds is 2. The van der Waals surface area contributed by atoms with Crippen LogP contribution in [0.2, 0.25) is 0 Å². The van der Waals surface area contributed by atoms with Gasteiger partial charge in [0.25, 0.3) is 0 Å². The van der Waals surface area contributed by atoms with Crippen LogP contribution in [0.3, 0.4) is 0 Å². The fraction of sp³-hybridized carbons (Fsp3) is 0.882. The van der Waals surface area contributed by atoms with Crippen LogP contribution in [0, 0.1) is 11.3 Å². The number of aromatic nitrogens is 3. The van der Waals surface area contributed by atoms with E-state index in [2.05, 4.69) is 31.0 Å². The fourth-order valence-electron chi connectivity index (χ4n) is 4.07. The average Bonchev–Trinajstić information content (AvgIpc) is 3.09. The van der Waals surface area contributed by atoms with Crippen LogP contribution in [0.1, 0.15) is 95.6 Å². The van der Waals surface area contributed by atoms with Crippen molar-refractivity contribution in [1.29, 1.82) is 0 Å². The topological polar surface area (TPSA) is 41.6 Å². The molecule has 1 N–H and O–H groups in total. The van der Waals surface area contributed by atoms with Crippen molar-refractivity contribution in [2.24, 2.45) is 11.3 Å². The fourth-order valence-corrected chi connectivity index (χ4v) is 4.07. The lowest BCUT2D eigenvalue weighted by Crippen LogP contribution is -2.25. The van der Waals surface area contributed by atoms with Crippen molar-refractivity contribution in [3.8, 4) is 0 Å². The summed E-state index contributed by atoms with van der Waals surface area (Å²) >= 11 is 0. The van der Waals surface area contributed by atoms with Gasteiger partial charge in [0.2, 0.25) is 0 Å². The van der Waals surface area contributed by atoms with E-state index in [4.69, 9.17) is 4.98 Å². The van der Waals surface area contributed by atoms with Crippen molar-refractivity contribution < 1.29 is 0 Å². The third-order valence-electron chi connectivity index (χ3n) is 5.58. The lowest BCUT2D eigenvalue weighted by molar-refractivity contribution is 0.167. The maximum atomic E-state index is 4.84. The molecule has 0 radical (unpaired) electrons. The van der Waals surface area contributed by atoms with Gasteiger partial charge in [0.05, 0.1) is 0 Å². The number of hydrogen-bond donors (Lipinski definition) is 1.